The summed E-state index contributed by atoms with van der Waals surface area (Å²) < 4.78 is 40.7. The molecule has 1 atom stereocenters. The molecule has 2 rings (SSSR count). The van der Waals surface area contributed by atoms with Crippen LogP contribution in [0.4, 0.5) is 18.3 Å². The lowest BCUT2D eigenvalue weighted by Gasteiger charge is -2.07. The third kappa shape index (κ3) is 4.57. The van der Waals surface area contributed by atoms with Gasteiger partial charge in [0.05, 0.1) is 10.2 Å². The molecule has 0 radical (unpaired) electrons. The molecule has 1 aromatic carbocycles. The minimum atomic E-state index is -4.74. The van der Waals surface area contributed by atoms with Crippen LogP contribution in [0.1, 0.15) is 13.3 Å². The van der Waals surface area contributed by atoms with Crippen LogP contribution in [0.25, 0.3) is 10.2 Å². The first-order chi connectivity index (χ1) is 9.73. The van der Waals surface area contributed by atoms with Gasteiger partial charge in [-0.1, -0.05) is 11.3 Å². The zero-order chi connectivity index (χ0) is 15.6. The second-order valence-electron chi connectivity index (χ2n) is 4.43. The lowest BCUT2D eigenvalue weighted by atomic mass is 10.2. The Hall–Kier alpha value is -1.87. The zero-order valence-corrected chi connectivity index (χ0v) is 11.7. The van der Waals surface area contributed by atoms with Gasteiger partial charge >= 0.3 is 6.36 Å². The molecule has 5 nitrogen and oxygen atoms in total. The lowest BCUT2D eigenvalue weighted by molar-refractivity contribution is -0.274. The summed E-state index contributed by atoms with van der Waals surface area (Å²) in [7, 11) is 0. The average Bonchev–Trinajstić information content (AvgIpc) is 2.66. The number of ether oxygens (including phenoxy) is 1. The molecule has 0 fully saturated rings. The second kappa shape index (κ2) is 5.86. The first-order valence-corrected chi connectivity index (χ1v) is 6.76. The van der Waals surface area contributed by atoms with Crippen molar-refractivity contribution in [1.82, 2.24) is 4.98 Å². The molecular weight excluding hydrogens is 307 g/mol. The number of carbonyl (C=O) groups excluding carboxylic acids is 1. The van der Waals surface area contributed by atoms with Gasteiger partial charge in [-0.05, 0) is 19.1 Å². The number of hydrogen-bond donors (Lipinski definition) is 2. The predicted octanol–water partition coefficient (Wildman–Crippen LogP) is 2.87. The monoisotopic (exact) mass is 319 g/mol. The Morgan fingerprint density at radius 3 is 2.86 bits per heavy atom. The van der Waals surface area contributed by atoms with Crippen LogP contribution >= 0.6 is 11.3 Å². The van der Waals surface area contributed by atoms with Gasteiger partial charge in [-0.15, -0.1) is 13.2 Å². The summed E-state index contributed by atoms with van der Waals surface area (Å²) in [5.41, 5.74) is 5.98. The van der Waals surface area contributed by atoms with Gasteiger partial charge < -0.3 is 15.8 Å². The van der Waals surface area contributed by atoms with E-state index in [2.05, 4.69) is 15.0 Å². The number of fused-ring (bicyclic) bond motifs is 1. The number of anilines is 1. The molecule has 0 aliphatic heterocycles. The van der Waals surface area contributed by atoms with Gasteiger partial charge in [0, 0.05) is 18.5 Å². The number of nitrogens with two attached hydrogens (primary N) is 1. The van der Waals surface area contributed by atoms with E-state index in [0.29, 0.717) is 15.3 Å². The molecule has 21 heavy (non-hydrogen) atoms. The summed E-state index contributed by atoms with van der Waals surface area (Å²) in [4.78, 5) is 15.7. The van der Waals surface area contributed by atoms with E-state index < -0.39 is 6.36 Å². The van der Waals surface area contributed by atoms with Crippen LogP contribution in [0.3, 0.4) is 0 Å². The molecule has 0 bridgehead atoms. The molecule has 0 saturated carbocycles. The number of alkyl halides is 3. The first-order valence-electron chi connectivity index (χ1n) is 5.95. The minimum Gasteiger partial charge on any atom is -0.406 e. The Morgan fingerprint density at radius 1 is 1.52 bits per heavy atom. The van der Waals surface area contributed by atoms with Crippen LogP contribution in [0.5, 0.6) is 5.75 Å². The summed E-state index contributed by atoms with van der Waals surface area (Å²) in [6.45, 7) is 1.69. The highest BCUT2D eigenvalue weighted by Crippen LogP contribution is 2.31. The van der Waals surface area contributed by atoms with Crippen molar-refractivity contribution < 1.29 is 22.7 Å². The normalized spacial score (nSPS) is 13.2. The van der Waals surface area contributed by atoms with Gasteiger partial charge in [-0.2, -0.15) is 0 Å². The van der Waals surface area contributed by atoms with Crippen molar-refractivity contribution in [3.8, 4) is 5.75 Å². The van der Waals surface area contributed by atoms with E-state index >= 15 is 0 Å². The standard InChI is InChI=1S/C12H12F3N3O2S/c1-6(16)4-10(19)18-11-17-8-3-2-7(5-9(8)21-11)20-12(13,14)15/h2-3,5-6H,4,16H2,1H3,(H,17,18,19). The van der Waals surface area contributed by atoms with Gasteiger partial charge in [-0.3, -0.25) is 4.79 Å². The van der Waals surface area contributed by atoms with Crippen molar-refractivity contribution in [1.29, 1.82) is 0 Å². The second-order valence-corrected chi connectivity index (χ2v) is 5.46. The molecule has 0 aliphatic rings. The van der Waals surface area contributed by atoms with Crippen LogP contribution in [0.15, 0.2) is 18.2 Å². The van der Waals surface area contributed by atoms with Gasteiger partial charge in [0.1, 0.15) is 5.75 Å². The molecule has 114 valence electrons. The highest BCUT2D eigenvalue weighted by Gasteiger charge is 2.31. The molecule has 2 aromatic rings. The number of hydrogen-bond acceptors (Lipinski definition) is 5. The Kier molecular flexibility index (Phi) is 4.33. The fourth-order valence-electron chi connectivity index (χ4n) is 1.62. The number of carbonyl (C=O) groups is 1. The first kappa shape index (κ1) is 15.5. The van der Waals surface area contributed by atoms with Crippen LogP contribution in [-0.4, -0.2) is 23.3 Å². The minimum absolute atomic E-state index is 0.137. The number of benzene rings is 1. The SMILES string of the molecule is CC(N)CC(=O)Nc1nc2ccc(OC(F)(F)F)cc2s1. The molecule has 9 heteroatoms. The average molecular weight is 319 g/mol. The molecule has 0 spiro atoms. The predicted molar refractivity (Wildman–Crippen MR) is 73.2 cm³/mol. The highest BCUT2D eigenvalue weighted by atomic mass is 32.1. The van der Waals surface area contributed by atoms with Gasteiger partial charge in [0.15, 0.2) is 5.13 Å². The maximum absolute atomic E-state index is 12.1. The van der Waals surface area contributed by atoms with Crippen molar-refractivity contribution in [2.24, 2.45) is 5.73 Å². The zero-order valence-electron chi connectivity index (χ0n) is 10.9. The van der Waals surface area contributed by atoms with Crippen molar-refractivity contribution >= 4 is 32.6 Å². The number of nitrogens with zero attached hydrogens (tertiary/aromatic N) is 1. The van der Waals surface area contributed by atoms with Crippen LogP contribution in [-0.2, 0) is 4.79 Å². The summed E-state index contributed by atoms with van der Waals surface area (Å²) in [5.74, 6) is -0.622. The van der Waals surface area contributed by atoms with E-state index in [1.807, 2.05) is 0 Å². The number of amides is 1. The largest absolute Gasteiger partial charge is 0.573 e. The van der Waals surface area contributed by atoms with E-state index in [-0.39, 0.29) is 24.1 Å². The molecule has 1 amide bonds. The molecule has 1 aromatic heterocycles. The molecule has 0 saturated heterocycles. The molecule has 3 N–H and O–H groups in total. The fourth-order valence-corrected chi connectivity index (χ4v) is 2.53. The Balaban J connectivity index is 2.16. The lowest BCUT2D eigenvalue weighted by Crippen LogP contribution is -2.23. The Bertz CT molecular complexity index is 655. The van der Waals surface area contributed by atoms with E-state index in [4.69, 9.17) is 5.73 Å². The third-order valence-corrected chi connectivity index (χ3v) is 3.28. The van der Waals surface area contributed by atoms with E-state index in [1.165, 1.54) is 18.2 Å². The number of aromatic nitrogens is 1. The van der Waals surface area contributed by atoms with E-state index in [9.17, 15) is 18.0 Å². The molecule has 1 heterocycles. The van der Waals surface area contributed by atoms with Gasteiger partial charge in [0.2, 0.25) is 5.91 Å². The van der Waals surface area contributed by atoms with E-state index in [0.717, 1.165) is 11.3 Å². The maximum atomic E-state index is 12.1. The topological polar surface area (TPSA) is 77.2 Å². The quantitative estimate of drug-likeness (QED) is 0.908. The summed E-state index contributed by atoms with van der Waals surface area (Å²) in [5, 5.41) is 2.86. The van der Waals surface area contributed by atoms with Crippen molar-refractivity contribution in [2.75, 3.05) is 5.32 Å². The van der Waals surface area contributed by atoms with Gasteiger partial charge in [-0.25, -0.2) is 4.98 Å². The Labute approximate surface area is 121 Å². The number of thiazole rings is 1. The molecule has 1 unspecified atom stereocenters. The number of nitrogens with one attached hydrogen (secondary N) is 1. The fraction of sp³-hybridized carbons (Fsp3) is 0.333. The number of rotatable bonds is 4. The van der Waals surface area contributed by atoms with Crippen molar-refractivity contribution in [3.05, 3.63) is 18.2 Å². The van der Waals surface area contributed by atoms with Gasteiger partial charge in [0.25, 0.3) is 0 Å². The van der Waals surface area contributed by atoms with Crippen molar-refractivity contribution in [2.45, 2.75) is 25.7 Å². The number of halogens is 3. The molecular formula is C12H12F3N3O2S. The van der Waals surface area contributed by atoms with Crippen LogP contribution in [0, 0.1) is 0 Å². The van der Waals surface area contributed by atoms with Crippen molar-refractivity contribution in [3.63, 3.8) is 0 Å². The van der Waals surface area contributed by atoms with Crippen LogP contribution in [0.2, 0.25) is 0 Å². The summed E-state index contributed by atoms with van der Waals surface area (Å²) in [6, 6.07) is 3.50. The van der Waals surface area contributed by atoms with Crippen LogP contribution < -0.4 is 15.8 Å². The third-order valence-electron chi connectivity index (χ3n) is 2.35. The Morgan fingerprint density at radius 2 is 2.24 bits per heavy atom. The van der Waals surface area contributed by atoms with E-state index in [1.54, 1.807) is 6.92 Å². The maximum Gasteiger partial charge on any atom is 0.573 e. The highest BCUT2D eigenvalue weighted by molar-refractivity contribution is 7.22. The smallest absolute Gasteiger partial charge is 0.406 e. The summed E-state index contributed by atoms with van der Waals surface area (Å²) >= 11 is 1.06. The molecule has 0 aliphatic carbocycles. The summed E-state index contributed by atoms with van der Waals surface area (Å²) in [6.07, 6.45) is -4.61.